The third-order valence-electron chi connectivity index (χ3n) is 2.25. The molecule has 0 radical (unpaired) electrons. The van der Waals surface area contributed by atoms with Crippen molar-refractivity contribution in [3.8, 4) is 0 Å². The number of aliphatic hydroxyl groups is 1. The number of hydrogen-bond acceptors (Lipinski definition) is 1. The summed E-state index contributed by atoms with van der Waals surface area (Å²) in [5, 5.41) is 9.90. The van der Waals surface area contributed by atoms with Crippen molar-refractivity contribution >= 4 is 0 Å². The minimum Gasteiger partial charge on any atom is -0.385 e. The van der Waals surface area contributed by atoms with Crippen LogP contribution in [0.1, 0.15) is 32.3 Å². The zero-order chi connectivity index (χ0) is 10.8. The van der Waals surface area contributed by atoms with E-state index in [0.29, 0.717) is 6.42 Å². The van der Waals surface area contributed by atoms with Crippen molar-refractivity contribution in [1.29, 1.82) is 0 Å². The van der Waals surface area contributed by atoms with Crippen molar-refractivity contribution in [3.63, 3.8) is 0 Å². The van der Waals surface area contributed by atoms with E-state index in [-0.39, 0.29) is 5.56 Å². The molecule has 0 saturated heterocycles. The molecule has 0 fully saturated rings. The van der Waals surface area contributed by atoms with Crippen LogP contribution in [0.3, 0.4) is 0 Å². The standard InChI is InChI=1S/C11H14F2O/c1-3-6-11(2,14)9-5-4-8(12)7-10(9)13/h4-5,7,14H,3,6H2,1-2H3. The summed E-state index contributed by atoms with van der Waals surface area (Å²) in [5.74, 6) is -1.32. The van der Waals surface area contributed by atoms with Crippen LogP contribution in [0, 0.1) is 11.6 Å². The van der Waals surface area contributed by atoms with Crippen molar-refractivity contribution in [1.82, 2.24) is 0 Å². The largest absolute Gasteiger partial charge is 0.385 e. The topological polar surface area (TPSA) is 20.2 Å². The maximum Gasteiger partial charge on any atom is 0.132 e. The van der Waals surface area contributed by atoms with Crippen molar-refractivity contribution in [2.75, 3.05) is 0 Å². The first-order valence-corrected chi connectivity index (χ1v) is 4.65. The lowest BCUT2D eigenvalue weighted by molar-refractivity contribution is 0.0432. The molecule has 1 aromatic rings. The highest BCUT2D eigenvalue weighted by atomic mass is 19.1. The molecular weight excluding hydrogens is 186 g/mol. The molecular formula is C11H14F2O. The maximum absolute atomic E-state index is 13.3. The summed E-state index contributed by atoms with van der Waals surface area (Å²) in [7, 11) is 0. The molecule has 3 heteroatoms. The van der Waals surface area contributed by atoms with E-state index < -0.39 is 17.2 Å². The van der Waals surface area contributed by atoms with Crippen LogP contribution < -0.4 is 0 Å². The fraction of sp³-hybridized carbons (Fsp3) is 0.455. The van der Waals surface area contributed by atoms with Gasteiger partial charge in [0, 0.05) is 11.6 Å². The summed E-state index contributed by atoms with van der Waals surface area (Å²) in [4.78, 5) is 0. The Hall–Kier alpha value is -0.960. The van der Waals surface area contributed by atoms with Gasteiger partial charge in [0.05, 0.1) is 5.60 Å². The number of rotatable bonds is 3. The number of hydrogen-bond donors (Lipinski definition) is 1. The van der Waals surface area contributed by atoms with E-state index in [9.17, 15) is 13.9 Å². The summed E-state index contributed by atoms with van der Waals surface area (Å²) >= 11 is 0. The van der Waals surface area contributed by atoms with Crippen LogP contribution in [0.4, 0.5) is 8.78 Å². The third kappa shape index (κ3) is 2.29. The Bertz CT molecular complexity index is 321. The summed E-state index contributed by atoms with van der Waals surface area (Å²) in [6.07, 6.45) is 1.19. The highest BCUT2D eigenvalue weighted by Gasteiger charge is 2.25. The molecule has 0 aliphatic heterocycles. The van der Waals surface area contributed by atoms with Gasteiger partial charge in [0.25, 0.3) is 0 Å². The molecule has 1 nitrogen and oxygen atoms in total. The SMILES string of the molecule is CCCC(C)(O)c1ccc(F)cc1F. The molecule has 0 bridgehead atoms. The summed E-state index contributed by atoms with van der Waals surface area (Å²) in [6.45, 7) is 3.43. The minimum atomic E-state index is -1.22. The lowest BCUT2D eigenvalue weighted by Crippen LogP contribution is -2.22. The zero-order valence-electron chi connectivity index (χ0n) is 8.35. The zero-order valence-corrected chi connectivity index (χ0v) is 8.35. The van der Waals surface area contributed by atoms with E-state index in [4.69, 9.17) is 0 Å². The number of halogens is 2. The summed E-state index contributed by atoms with van der Waals surface area (Å²) in [5.41, 5.74) is -1.06. The molecule has 0 aliphatic rings. The van der Waals surface area contributed by atoms with Gasteiger partial charge in [-0.2, -0.15) is 0 Å². The lowest BCUT2D eigenvalue weighted by atomic mass is 9.91. The van der Waals surface area contributed by atoms with Gasteiger partial charge in [-0.3, -0.25) is 0 Å². The van der Waals surface area contributed by atoms with Gasteiger partial charge in [-0.25, -0.2) is 8.78 Å². The van der Waals surface area contributed by atoms with Crippen molar-refractivity contribution in [3.05, 3.63) is 35.4 Å². The van der Waals surface area contributed by atoms with Crippen molar-refractivity contribution in [2.45, 2.75) is 32.3 Å². The lowest BCUT2D eigenvalue weighted by Gasteiger charge is -2.23. The smallest absolute Gasteiger partial charge is 0.132 e. The van der Waals surface area contributed by atoms with Crippen LogP contribution in [0.15, 0.2) is 18.2 Å². The average Bonchev–Trinajstić information content (AvgIpc) is 2.02. The first-order valence-electron chi connectivity index (χ1n) is 4.65. The molecule has 78 valence electrons. The van der Waals surface area contributed by atoms with Crippen LogP contribution in [0.25, 0.3) is 0 Å². The molecule has 0 spiro atoms. The molecule has 14 heavy (non-hydrogen) atoms. The van der Waals surface area contributed by atoms with Crippen LogP contribution >= 0.6 is 0 Å². The average molecular weight is 200 g/mol. The molecule has 0 heterocycles. The first kappa shape index (κ1) is 11.1. The molecule has 0 aliphatic carbocycles. The molecule has 1 N–H and O–H groups in total. The molecule has 1 aromatic carbocycles. The van der Waals surface area contributed by atoms with Crippen LogP contribution in [-0.4, -0.2) is 5.11 Å². The van der Waals surface area contributed by atoms with Crippen molar-refractivity contribution < 1.29 is 13.9 Å². The van der Waals surface area contributed by atoms with Gasteiger partial charge in [-0.1, -0.05) is 19.4 Å². The van der Waals surface area contributed by atoms with Gasteiger partial charge in [-0.05, 0) is 19.4 Å². The quantitative estimate of drug-likeness (QED) is 0.795. The fourth-order valence-electron chi connectivity index (χ4n) is 1.55. The monoisotopic (exact) mass is 200 g/mol. The van der Waals surface area contributed by atoms with Crippen molar-refractivity contribution in [2.24, 2.45) is 0 Å². The highest BCUT2D eigenvalue weighted by molar-refractivity contribution is 5.24. The summed E-state index contributed by atoms with van der Waals surface area (Å²) < 4.78 is 25.9. The van der Waals surface area contributed by atoms with Gasteiger partial charge in [0.2, 0.25) is 0 Å². The van der Waals surface area contributed by atoms with Crippen LogP contribution in [-0.2, 0) is 5.60 Å². The normalized spacial score (nSPS) is 15.2. The number of benzene rings is 1. The Balaban J connectivity index is 3.06. The van der Waals surface area contributed by atoms with E-state index >= 15 is 0 Å². The molecule has 0 aromatic heterocycles. The first-order chi connectivity index (χ1) is 6.47. The van der Waals surface area contributed by atoms with Gasteiger partial charge in [0.1, 0.15) is 11.6 Å². The molecule has 1 atom stereocenters. The van der Waals surface area contributed by atoms with E-state index in [1.165, 1.54) is 13.0 Å². The Morgan fingerprint density at radius 1 is 1.36 bits per heavy atom. The molecule has 0 saturated carbocycles. The predicted octanol–water partition coefficient (Wildman–Crippen LogP) is 2.97. The van der Waals surface area contributed by atoms with Gasteiger partial charge < -0.3 is 5.11 Å². The Morgan fingerprint density at radius 2 is 2.00 bits per heavy atom. The maximum atomic E-state index is 13.3. The van der Waals surface area contributed by atoms with E-state index in [1.807, 2.05) is 6.92 Å². The minimum absolute atomic E-state index is 0.153. The van der Waals surface area contributed by atoms with Gasteiger partial charge in [-0.15, -0.1) is 0 Å². The molecule has 1 rings (SSSR count). The van der Waals surface area contributed by atoms with Gasteiger partial charge in [0.15, 0.2) is 0 Å². The van der Waals surface area contributed by atoms with Crippen LogP contribution in [0.5, 0.6) is 0 Å². The third-order valence-corrected chi connectivity index (χ3v) is 2.25. The van der Waals surface area contributed by atoms with E-state index in [1.54, 1.807) is 0 Å². The molecule has 1 unspecified atom stereocenters. The summed E-state index contributed by atoms with van der Waals surface area (Å²) in [6, 6.07) is 3.24. The van der Waals surface area contributed by atoms with E-state index in [0.717, 1.165) is 18.6 Å². The Kier molecular flexibility index (Phi) is 3.21. The van der Waals surface area contributed by atoms with E-state index in [2.05, 4.69) is 0 Å². The Labute approximate surface area is 82.4 Å². The molecule has 0 amide bonds. The fourth-order valence-corrected chi connectivity index (χ4v) is 1.55. The predicted molar refractivity (Wildman–Crippen MR) is 50.8 cm³/mol. The second-order valence-electron chi connectivity index (χ2n) is 3.65. The Morgan fingerprint density at radius 3 is 2.50 bits per heavy atom. The van der Waals surface area contributed by atoms with Crippen LogP contribution in [0.2, 0.25) is 0 Å². The van der Waals surface area contributed by atoms with Gasteiger partial charge >= 0.3 is 0 Å². The second kappa shape index (κ2) is 4.05. The second-order valence-corrected chi connectivity index (χ2v) is 3.65. The highest BCUT2D eigenvalue weighted by Crippen LogP contribution is 2.28.